The van der Waals surface area contributed by atoms with Gasteiger partial charge in [0.2, 0.25) is 0 Å². The van der Waals surface area contributed by atoms with Gasteiger partial charge < -0.3 is 10.5 Å². The summed E-state index contributed by atoms with van der Waals surface area (Å²) in [7, 11) is 0. The fourth-order valence-corrected chi connectivity index (χ4v) is 1.97. The van der Waals surface area contributed by atoms with Gasteiger partial charge in [-0.25, -0.2) is 0 Å². The van der Waals surface area contributed by atoms with E-state index >= 15 is 0 Å². The maximum atomic E-state index is 6.03. The molecule has 0 bridgehead atoms. The number of rotatable bonds is 3. The predicted octanol–water partition coefficient (Wildman–Crippen LogP) is 3.55. The first kappa shape index (κ1) is 14.5. The summed E-state index contributed by atoms with van der Waals surface area (Å²) >= 11 is 11.1. The summed E-state index contributed by atoms with van der Waals surface area (Å²) in [4.78, 5) is 4.04. The lowest BCUT2D eigenvalue weighted by molar-refractivity contribution is 0.297. The number of benzene rings is 2. The fraction of sp³-hybridized carbons (Fsp3) is 0.0667. The van der Waals surface area contributed by atoms with Crippen molar-refractivity contribution in [3.63, 3.8) is 0 Å². The molecule has 0 aromatic heterocycles. The van der Waals surface area contributed by atoms with Gasteiger partial charge >= 0.3 is 0 Å². The zero-order valence-corrected chi connectivity index (χ0v) is 12.2. The molecule has 0 atom stereocenters. The van der Waals surface area contributed by atoms with E-state index in [1.165, 1.54) is 0 Å². The molecule has 0 unspecified atom stereocenters. The minimum absolute atomic E-state index is 0.0891. The van der Waals surface area contributed by atoms with Gasteiger partial charge in [-0.2, -0.15) is 4.99 Å². The number of halogens is 1. The molecule has 0 amide bonds. The Kier molecular flexibility index (Phi) is 5.09. The van der Waals surface area contributed by atoms with E-state index in [1.54, 1.807) is 12.1 Å². The standard InChI is InChI=1S/C15H13ClN2OS/c16-13-9-5-4-8-12(13)14(17)18-15(20)19-10-11-6-2-1-3-7-11/h1-9H,10H2,(H2,17,18,20). The zero-order valence-electron chi connectivity index (χ0n) is 10.6. The maximum absolute atomic E-state index is 6.03. The molecule has 0 aliphatic rings. The molecular weight excluding hydrogens is 292 g/mol. The Balaban J connectivity index is 2.00. The SMILES string of the molecule is NC(=NC(=S)OCc1ccccc1)c1ccccc1Cl. The lowest BCUT2D eigenvalue weighted by Gasteiger charge is -2.06. The lowest BCUT2D eigenvalue weighted by atomic mass is 10.2. The van der Waals surface area contributed by atoms with E-state index in [0.717, 1.165) is 5.56 Å². The molecule has 0 saturated carbocycles. The van der Waals surface area contributed by atoms with Crippen LogP contribution >= 0.6 is 23.8 Å². The van der Waals surface area contributed by atoms with Crippen molar-refractivity contribution in [1.82, 2.24) is 0 Å². The number of hydrogen-bond donors (Lipinski definition) is 1. The van der Waals surface area contributed by atoms with Crippen molar-refractivity contribution in [3.05, 3.63) is 70.7 Å². The summed E-state index contributed by atoms with van der Waals surface area (Å²) < 4.78 is 5.38. The minimum Gasteiger partial charge on any atom is -0.465 e. The molecular formula is C15H13ClN2OS. The van der Waals surface area contributed by atoms with Gasteiger partial charge in [0.25, 0.3) is 5.17 Å². The van der Waals surface area contributed by atoms with Gasteiger partial charge in [-0.3, -0.25) is 0 Å². The number of thiocarbonyl (C=S) groups is 1. The molecule has 2 rings (SSSR count). The van der Waals surface area contributed by atoms with Crippen LogP contribution in [0.15, 0.2) is 59.6 Å². The number of hydrogen-bond acceptors (Lipinski definition) is 2. The van der Waals surface area contributed by atoms with Crippen LogP contribution < -0.4 is 5.73 Å². The van der Waals surface area contributed by atoms with Crippen LogP contribution in [0.4, 0.5) is 0 Å². The maximum Gasteiger partial charge on any atom is 0.285 e. The summed E-state index contributed by atoms with van der Waals surface area (Å²) in [6, 6.07) is 16.9. The number of aliphatic imine (C=N–C) groups is 1. The van der Waals surface area contributed by atoms with E-state index in [-0.39, 0.29) is 11.0 Å². The molecule has 0 aliphatic heterocycles. The van der Waals surface area contributed by atoms with Gasteiger partial charge in [0.1, 0.15) is 12.4 Å². The Morgan fingerprint density at radius 1 is 1.10 bits per heavy atom. The van der Waals surface area contributed by atoms with E-state index < -0.39 is 0 Å². The molecule has 20 heavy (non-hydrogen) atoms. The number of amidine groups is 1. The van der Waals surface area contributed by atoms with E-state index in [9.17, 15) is 0 Å². The molecule has 0 spiro atoms. The van der Waals surface area contributed by atoms with Gasteiger partial charge in [-0.1, -0.05) is 54.1 Å². The molecule has 0 saturated heterocycles. The van der Waals surface area contributed by atoms with Crippen LogP contribution in [-0.4, -0.2) is 11.0 Å². The molecule has 0 aliphatic carbocycles. The van der Waals surface area contributed by atoms with Crippen molar-refractivity contribution in [2.45, 2.75) is 6.61 Å². The molecule has 5 heteroatoms. The largest absolute Gasteiger partial charge is 0.465 e. The smallest absolute Gasteiger partial charge is 0.285 e. The van der Waals surface area contributed by atoms with Gasteiger partial charge in [0, 0.05) is 5.56 Å². The van der Waals surface area contributed by atoms with Crippen LogP contribution in [0.2, 0.25) is 5.02 Å². The third kappa shape index (κ3) is 4.05. The average Bonchev–Trinajstić information content (AvgIpc) is 2.46. The molecule has 102 valence electrons. The van der Waals surface area contributed by atoms with Crippen LogP contribution in [0.1, 0.15) is 11.1 Å². The first-order chi connectivity index (χ1) is 9.66. The molecule has 0 radical (unpaired) electrons. The summed E-state index contributed by atoms with van der Waals surface area (Å²) in [5.74, 6) is 0.244. The molecule has 2 aromatic rings. The van der Waals surface area contributed by atoms with Crippen LogP contribution in [0, 0.1) is 0 Å². The second-order valence-electron chi connectivity index (χ2n) is 4.02. The van der Waals surface area contributed by atoms with Crippen molar-refractivity contribution in [2.24, 2.45) is 10.7 Å². The van der Waals surface area contributed by atoms with Crippen molar-refractivity contribution in [3.8, 4) is 0 Å². The Morgan fingerprint density at radius 3 is 2.45 bits per heavy atom. The summed E-state index contributed by atoms with van der Waals surface area (Å²) in [6.45, 7) is 0.360. The van der Waals surface area contributed by atoms with Crippen molar-refractivity contribution >= 4 is 34.8 Å². The third-order valence-corrected chi connectivity index (χ3v) is 3.11. The number of ether oxygens (including phenoxy) is 1. The molecule has 0 heterocycles. The Hall–Kier alpha value is -1.91. The van der Waals surface area contributed by atoms with E-state index in [2.05, 4.69) is 4.99 Å². The van der Waals surface area contributed by atoms with Gasteiger partial charge in [0.15, 0.2) is 0 Å². The molecule has 0 fully saturated rings. The van der Waals surface area contributed by atoms with Crippen LogP contribution in [0.3, 0.4) is 0 Å². The summed E-state index contributed by atoms with van der Waals surface area (Å²) in [5.41, 5.74) is 7.52. The minimum atomic E-state index is 0.0891. The number of nitrogens with zero attached hydrogens (tertiary/aromatic N) is 1. The highest BCUT2D eigenvalue weighted by Crippen LogP contribution is 2.14. The normalized spacial score (nSPS) is 11.2. The Bertz CT molecular complexity index is 629. The zero-order chi connectivity index (χ0) is 14.4. The van der Waals surface area contributed by atoms with E-state index in [0.29, 0.717) is 17.2 Å². The van der Waals surface area contributed by atoms with Crippen molar-refractivity contribution in [1.29, 1.82) is 0 Å². The number of nitrogens with two attached hydrogens (primary N) is 1. The Labute approximate surface area is 128 Å². The molecule has 2 N–H and O–H groups in total. The van der Waals surface area contributed by atoms with E-state index in [4.69, 9.17) is 34.3 Å². The first-order valence-electron chi connectivity index (χ1n) is 5.96. The second kappa shape index (κ2) is 7.03. The fourth-order valence-electron chi connectivity index (χ4n) is 1.58. The monoisotopic (exact) mass is 304 g/mol. The van der Waals surface area contributed by atoms with Crippen LogP contribution in [-0.2, 0) is 11.3 Å². The average molecular weight is 305 g/mol. The topological polar surface area (TPSA) is 47.6 Å². The van der Waals surface area contributed by atoms with Crippen LogP contribution in [0.25, 0.3) is 0 Å². The molecule has 3 nitrogen and oxygen atoms in total. The van der Waals surface area contributed by atoms with Crippen LogP contribution in [0.5, 0.6) is 0 Å². The molecule has 2 aromatic carbocycles. The predicted molar refractivity (Wildman–Crippen MR) is 86.0 cm³/mol. The third-order valence-electron chi connectivity index (χ3n) is 2.57. The van der Waals surface area contributed by atoms with E-state index in [1.807, 2.05) is 42.5 Å². The van der Waals surface area contributed by atoms with Gasteiger partial charge in [-0.05, 0) is 29.9 Å². The van der Waals surface area contributed by atoms with Crippen molar-refractivity contribution in [2.75, 3.05) is 0 Å². The highest BCUT2D eigenvalue weighted by Gasteiger charge is 2.05. The second-order valence-corrected chi connectivity index (χ2v) is 4.77. The van der Waals surface area contributed by atoms with Gasteiger partial charge in [-0.15, -0.1) is 0 Å². The Morgan fingerprint density at radius 2 is 1.75 bits per heavy atom. The lowest BCUT2D eigenvalue weighted by Crippen LogP contribution is -2.16. The highest BCUT2D eigenvalue weighted by molar-refractivity contribution is 7.80. The quantitative estimate of drug-likeness (QED) is 0.536. The van der Waals surface area contributed by atoms with Crippen molar-refractivity contribution < 1.29 is 4.74 Å². The first-order valence-corrected chi connectivity index (χ1v) is 6.75. The highest BCUT2D eigenvalue weighted by atomic mass is 35.5. The van der Waals surface area contributed by atoms with Gasteiger partial charge in [0.05, 0.1) is 5.02 Å². The summed E-state index contributed by atoms with van der Waals surface area (Å²) in [6.07, 6.45) is 0. The summed E-state index contributed by atoms with van der Waals surface area (Å²) in [5, 5.41) is 0.617.